The molecule has 0 radical (unpaired) electrons. The average molecular weight is 298 g/mol. The van der Waals surface area contributed by atoms with Gasteiger partial charge in [-0.1, -0.05) is 51.4 Å². The Morgan fingerprint density at radius 1 is 0.667 bits per heavy atom. The van der Waals surface area contributed by atoms with Crippen LogP contribution in [-0.2, 0) is 0 Å². The van der Waals surface area contributed by atoms with Gasteiger partial charge in [-0.15, -0.1) is 0 Å². The maximum absolute atomic E-state index is 5.51. The molecule has 0 bridgehead atoms. The molecule has 1 fully saturated rings. The third kappa shape index (κ3) is 12.1. The Bertz CT molecular complexity index is 195. The Balaban J connectivity index is 2.11. The maximum atomic E-state index is 5.51. The normalized spacial score (nSPS) is 20.4. The minimum atomic E-state index is 0.805. The molecule has 3 nitrogen and oxygen atoms in total. The standard InChI is InChI=1S/C18H39N3/c19-13-11-14-20-15-12-18-21-16-9-7-5-3-1-2-4-6-8-10-17-21/h20H,1-19H2. The van der Waals surface area contributed by atoms with Gasteiger partial charge in [0.05, 0.1) is 0 Å². The fourth-order valence-electron chi connectivity index (χ4n) is 3.20. The topological polar surface area (TPSA) is 41.3 Å². The van der Waals surface area contributed by atoms with Crippen molar-refractivity contribution in [1.29, 1.82) is 0 Å². The van der Waals surface area contributed by atoms with E-state index in [1.54, 1.807) is 0 Å². The number of nitrogens with zero attached hydrogens (tertiary/aromatic N) is 1. The van der Waals surface area contributed by atoms with Crippen LogP contribution < -0.4 is 11.1 Å². The molecule has 1 aliphatic rings. The van der Waals surface area contributed by atoms with Crippen LogP contribution in [0.15, 0.2) is 0 Å². The quantitative estimate of drug-likeness (QED) is 0.706. The van der Waals surface area contributed by atoms with Gasteiger partial charge in [0.25, 0.3) is 0 Å². The van der Waals surface area contributed by atoms with Gasteiger partial charge in [0.15, 0.2) is 0 Å². The predicted octanol–water partition coefficient (Wildman–Crippen LogP) is 3.53. The molecule has 1 rings (SSSR count). The molecule has 0 amide bonds. The van der Waals surface area contributed by atoms with Crippen molar-refractivity contribution in [1.82, 2.24) is 10.2 Å². The second kappa shape index (κ2) is 14.8. The lowest BCUT2D eigenvalue weighted by atomic mass is 10.1. The number of nitrogens with two attached hydrogens (primary N) is 1. The predicted molar refractivity (Wildman–Crippen MR) is 93.8 cm³/mol. The molecular weight excluding hydrogens is 258 g/mol. The number of hydrogen-bond acceptors (Lipinski definition) is 3. The Labute approximate surface area is 133 Å². The van der Waals surface area contributed by atoms with E-state index in [0.717, 1.165) is 26.1 Å². The lowest BCUT2D eigenvalue weighted by molar-refractivity contribution is 0.257. The molecule has 0 spiro atoms. The molecule has 3 heteroatoms. The Morgan fingerprint density at radius 2 is 1.14 bits per heavy atom. The van der Waals surface area contributed by atoms with Crippen LogP contribution in [0, 0.1) is 0 Å². The van der Waals surface area contributed by atoms with Crippen molar-refractivity contribution in [3.05, 3.63) is 0 Å². The van der Waals surface area contributed by atoms with E-state index in [2.05, 4.69) is 10.2 Å². The molecular formula is C18H39N3. The van der Waals surface area contributed by atoms with E-state index in [1.165, 1.54) is 90.3 Å². The maximum Gasteiger partial charge on any atom is -0.000664 e. The second-order valence-electron chi connectivity index (χ2n) is 6.62. The highest BCUT2D eigenvalue weighted by Gasteiger charge is 2.05. The summed E-state index contributed by atoms with van der Waals surface area (Å²) in [5, 5.41) is 3.50. The third-order valence-corrected chi connectivity index (χ3v) is 4.58. The van der Waals surface area contributed by atoms with E-state index < -0.39 is 0 Å². The van der Waals surface area contributed by atoms with Gasteiger partial charge in [-0.25, -0.2) is 0 Å². The summed E-state index contributed by atoms with van der Waals surface area (Å²) in [5.74, 6) is 0. The largest absolute Gasteiger partial charge is 0.330 e. The van der Waals surface area contributed by atoms with Crippen molar-refractivity contribution in [3.8, 4) is 0 Å². The van der Waals surface area contributed by atoms with E-state index in [-0.39, 0.29) is 0 Å². The van der Waals surface area contributed by atoms with Gasteiger partial charge in [0.2, 0.25) is 0 Å². The lowest BCUT2D eigenvalue weighted by Gasteiger charge is -2.22. The van der Waals surface area contributed by atoms with Crippen LogP contribution in [-0.4, -0.2) is 44.2 Å². The smallest absolute Gasteiger partial charge is 0.000664 e. The lowest BCUT2D eigenvalue weighted by Crippen LogP contribution is -2.30. The molecule has 0 aromatic rings. The molecule has 0 atom stereocenters. The van der Waals surface area contributed by atoms with Crippen molar-refractivity contribution in [2.75, 3.05) is 39.3 Å². The average Bonchev–Trinajstić information content (AvgIpc) is 2.52. The van der Waals surface area contributed by atoms with E-state index in [1.807, 2.05) is 0 Å². The van der Waals surface area contributed by atoms with Crippen LogP contribution in [0.2, 0.25) is 0 Å². The zero-order valence-electron chi connectivity index (χ0n) is 14.3. The van der Waals surface area contributed by atoms with Gasteiger partial charge >= 0.3 is 0 Å². The van der Waals surface area contributed by atoms with Crippen molar-refractivity contribution in [2.45, 2.75) is 77.0 Å². The van der Waals surface area contributed by atoms with E-state index in [9.17, 15) is 0 Å². The fraction of sp³-hybridized carbons (Fsp3) is 1.00. The van der Waals surface area contributed by atoms with Gasteiger partial charge in [-0.3, -0.25) is 0 Å². The summed E-state index contributed by atoms with van der Waals surface area (Å²) >= 11 is 0. The third-order valence-electron chi connectivity index (χ3n) is 4.58. The highest BCUT2D eigenvalue weighted by Crippen LogP contribution is 2.13. The molecule has 1 saturated heterocycles. The summed E-state index contributed by atoms with van der Waals surface area (Å²) in [5.41, 5.74) is 5.51. The van der Waals surface area contributed by atoms with Crippen molar-refractivity contribution < 1.29 is 0 Å². The monoisotopic (exact) mass is 297 g/mol. The summed E-state index contributed by atoms with van der Waals surface area (Å²) in [6, 6.07) is 0. The molecule has 1 heterocycles. The van der Waals surface area contributed by atoms with Crippen LogP contribution in [0.5, 0.6) is 0 Å². The molecule has 1 aliphatic heterocycles. The van der Waals surface area contributed by atoms with Gasteiger partial charge in [0.1, 0.15) is 0 Å². The molecule has 0 saturated carbocycles. The fourth-order valence-corrected chi connectivity index (χ4v) is 3.20. The van der Waals surface area contributed by atoms with Gasteiger partial charge in [-0.05, 0) is 65.0 Å². The molecule has 0 aliphatic carbocycles. The van der Waals surface area contributed by atoms with Crippen LogP contribution in [0.4, 0.5) is 0 Å². The zero-order valence-corrected chi connectivity index (χ0v) is 14.3. The van der Waals surface area contributed by atoms with Crippen LogP contribution in [0.3, 0.4) is 0 Å². The molecule has 0 unspecified atom stereocenters. The molecule has 0 aromatic carbocycles. The summed E-state index contributed by atoms with van der Waals surface area (Å²) < 4.78 is 0. The van der Waals surface area contributed by atoms with Crippen molar-refractivity contribution in [3.63, 3.8) is 0 Å². The molecule has 0 aromatic heterocycles. The first-order valence-corrected chi connectivity index (χ1v) is 9.56. The SMILES string of the molecule is NCCCNCCCN1CCCCCCCCCCCC1. The van der Waals surface area contributed by atoms with E-state index >= 15 is 0 Å². The Hall–Kier alpha value is -0.120. The van der Waals surface area contributed by atoms with Gasteiger partial charge < -0.3 is 16.0 Å². The molecule has 126 valence electrons. The highest BCUT2D eigenvalue weighted by atomic mass is 15.1. The van der Waals surface area contributed by atoms with Crippen LogP contribution >= 0.6 is 0 Å². The summed E-state index contributed by atoms with van der Waals surface area (Å²) in [7, 11) is 0. The van der Waals surface area contributed by atoms with Gasteiger partial charge in [-0.2, -0.15) is 0 Å². The molecule has 21 heavy (non-hydrogen) atoms. The summed E-state index contributed by atoms with van der Waals surface area (Å²) in [6.07, 6.45) is 16.8. The first-order valence-electron chi connectivity index (χ1n) is 9.56. The van der Waals surface area contributed by atoms with Crippen LogP contribution in [0.25, 0.3) is 0 Å². The van der Waals surface area contributed by atoms with Crippen molar-refractivity contribution >= 4 is 0 Å². The second-order valence-corrected chi connectivity index (χ2v) is 6.62. The number of rotatable bonds is 7. The minimum Gasteiger partial charge on any atom is -0.330 e. The van der Waals surface area contributed by atoms with Gasteiger partial charge in [0, 0.05) is 0 Å². The van der Waals surface area contributed by atoms with Crippen molar-refractivity contribution in [2.24, 2.45) is 5.73 Å². The zero-order chi connectivity index (χ0) is 15.0. The van der Waals surface area contributed by atoms with Crippen LogP contribution in [0.1, 0.15) is 77.0 Å². The number of hydrogen-bond donors (Lipinski definition) is 2. The number of nitrogens with one attached hydrogen (secondary N) is 1. The molecule has 3 N–H and O–H groups in total. The first kappa shape index (κ1) is 18.9. The van der Waals surface area contributed by atoms with E-state index in [4.69, 9.17) is 5.73 Å². The summed E-state index contributed by atoms with van der Waals surface area (Å²) in [6.45, 7) is 6.95. The summed E-state index contributed by atoms with van der Waals surface area (Å²) in [4.78, 5) is 2.71. The minimum absolute atomic E-state index is 0.805. The van der Waals surface area contributed by atoms with E-state index in [0.29, 0.717) is 0 Å². The Morgan fingerprint density at radius 3 is 1.67 bits per heavy atom. The highest BCUT2D eigenvalue weighted by molar-refractivity contribution is 4.62. The Kier molecular flexibility index (Phi) is 13.3. The first-order chi connectivity index (χ1) is 10.4.